The molecule has 66 valence electrons. The third kappa shape index (κ3) is 1.51. The van der Waals surface area contributed by atoms with Gasteiger partial charge in [0.2, 0.25) is 0 Å². The van der Waals surface area contributed by atoms with Gasteiger partial charge >= 0.3 is 0 Å². The normalized spacial score (nSPS) is 19.6. The number of rotatable bonds is 2. The van der Waals surface area contributed by atoms with E-state index in [0.29, 0.717) is 0 Å². The summed E-state index contributed by atoms with van der Waals surface area (Å²) in [6.45, 7) is 2.03. The van der Waals surface area contributed by atoms with Gasteiger partial charge in [0.15, 0.2) is 0 Å². The molecule has 1 aliphatic rings. The van der Waals surface area contributed by atoms with E-state index in [0.717, 1.165) is 15.8 Å². The second-order valence-corrected chi connectivity index (χ2v) is 5.15. The predicted octanol–water partition coefficient (Wildman–Crippen LogP) is 3.12. The Bertz CT molecular complexity index is 271. The molecule has 0 radical (unpaired) electrons. The van der Waals surface area contributed by atoms with Crippen LogP contribution in [-0.4, -0.2) is 0 Å². The van der Waals surface area contributed by atoms with Gasteiger partial charge in [0.05, 0.1) is 4.34 Å². The van der Waals surface area contributed by atoms with Gasteiger partial charge in [-0.2, -0.15) is 0 Å². The fourth-order valence-corrected chi connectivity index (χ4v) is 2.65. The minimum Gasteiger partial charge on any atom is -0.323 e. The Hall–Kier alpha value is -0.0500. The molecule has 0 spiro atoms. The molecule has 0 amide bonds. The van der Waals surface area contributed by atoms with Gasteiger partial charge in [0.1, 0.15) is 0 Å². The molecule has 0 saturated heterocycles. The van der Waals surface area contributed by atoms with Crippen molar-refractivity contribution >= 4 is 22.9 Å². The zero-order valence-electron chi connectivity index (χ0n) is 7.01. The van der Waals surface area contributed by atoms with Crippen molar-refractivity contribution in [2.45, 2.75) is 25.8 Å². The van der Waals surface area contributed by atoms with Crippen molar-refractivity contribution in [2.75, 3.05) is 0 Å². The first-order valence-corrected chi connectivity index (χ1v) is 5.39. The van der Waals surface area contributed by atoms with Crippen LogP contribution in [0.1, 0.15) is 29.3 Å². The van der Waals surface area contributed by atoms with E-state index < -0.39 is 0 Å². The van der Waals surface area contributed by atoms with Crippen molar-refractivity contribution in [2.24, 2.45) is 11.7 Å². The first-order chi connectivity index (χ1) is 5.68. The van der Waals surface area contributed by atoms with E-state index in [1.807, 2.05) is 6.92 Å². The van der Waals surface area contributed by atoms with Crippen molar-refractivity contribution < 1.29 is 0 Å². The maximum absolute atomic E-state index is 6.03. The van der Waals surface area contributed by atoms with Gasteiger partial charge in [-0.1, -0.05) is 11.6 Å². The summed E-state index contributed by atoms with van der Waals surface area (Å²) in [4.78, 5) is 1.25. The minimum absolute atomic E-state index is 0.237. The number of nitrogens with two attached hydrogens (primary N) is 1. The largest absolute Gasteiger partial charge is 0.323 e. The molecule has 0 aromatic carbocycles. The lowest BCUT2D eigenvalue weighted by Crippen LogP contribution is -2.10. The fourth-order valence-electron chi connectivity index (χ4n) is 1.34. The lowest BCUT2D eigenvalue weighted by atomic mass is 10.1. The van der Waals surface area contributed by atoms with E-state index in [1.54, 1.807) is 11.3 Å². The molecule has 1 fully saturated rings. The summed E-state index contributed by atoms with van der Waals surface area (Å²) in [5, 5.41) is 0. The molecule has 2 rings (SSSR count). The second kappa shape index (κ2) is 3.02. The molecule has 1 nitrogen and oxygen atoms in total. The number of aryl methyl sites for hydroxylation is 1. The van der Waals surface area contributed by atoms with Crippen LogP contribution < -0.4 is 5.73 Å². The molecule has 0 aliphatic heterocycles. The topological polar surface area (TPSA) is 26.0 Å². The molecule has 1 aromatic rings. The van der Waals surface area contributed by atoms with Crippen LogP contribution in [0.2, 0.25) is 4.34 Å². The second-order valence-electron chi connectivity index (χ2n) is 3.47. The van der Waals surface area contributed by atoms with E-state index in [-0.39, 0.29) is 6.04 Å². The Morgan fingerprint density at radius 2 is 2.33 bits per heavy atom. The molecule has 12 heavy (non-hydrogen) atoms. The fraction of sp³-hybridized carbons (Fsp3) is 0.556. The number of halogens is 1. The van der Waals surface area contributed by atoms with Crippen molar-refractivity contribution in [3.05, 3.63) is 20.8 Å². The first-order valence-electron chi connectivity index (χ1n) is 4.20. The maximum atomic E-state index is 6.03. The first kappa shape index (κ1) is 8.54. The molecule has 0 bridgehead atoms. The zero-order chi connectivity index (χ0) is 8.72. The highest BCUT2D eigenvalue weighted by molar-refractivity contribution is 7.16. The van der Waals surface area contributed by atoms with E-state index in [4.69, 9.17) is 17.3 Å². The average molecular weight is 202 g/mol. The molecule has 1 unspecified atom stereocenters. The van der Waals surface area contributed by atoms with Gasteiger partial charge < -0.3 is 5.73 Å². The summed E-state index contributed by atoms with van der Waals surface area (Å²) < 4.78 is 0.890. The van der Waals surface area contributed by atoms with Crippen LogP contribution in [0.25, 0.3) is 0 Å². The number of hydrogen-bond acceptors (Lipinski definition) is 2. The van der Waals surface area contributed by atoms with Gasteiger partial charge in [0, 0.05) is 10.9 Å². The van der Waals surface area contributed by atoms with Gasteiger partial charge in [-0.3, -0.25) is 0 Å². The Labute approximate surface area is 81.5 Å². The zero-order valence-corrected chi connectivity index (χ0v) is 8.58. The van der Waals surface area contributed by atoms with Crippen molar-refractivity contribution in [3.8, 4) is 0 Å². The molecule has 1 atom stereocenters. The number of hydrogen-bond donors (Lipinski definition) is 1. The van der Waals surface area contributed by atoms with Crippen LogP contribution in [0.15, 0.2) is 6.07 Å². The summed E-state index contributed by atoms with van der Waals surface area (Å²) >= 11 is 7.59. The lowest BCUT2D eigenvalue weighted by molar-refractivity contribution is 0.644. The van der Waals surface area contributed by atoms with E-state index in [2.05, 4.69) is 6.07 Å². The Kier molecular flexibility index (Phi) is 2.15. The lowest BCUT2D eigenvalue weighted by Gasteiger charge is -2.05. The van der Waals surface area contributed by atoms with E-state index in [1.165, 1.54) is 17.7 Å². The summed E-state index contributed by atoms with van der Waals surface area (Å²) in [6.07, 6.45) is 2.57. The van der Waals surface area contributed by atoms with Crippen LogP contribution in [0, 0.1) is 12.8 Å². The monoisotopic (exact) mass is 201 g/mol. The van der Waals surface area contributed by atoms with Crippen LogP contribution in [-0.2, 0) is 0 Å². The third-order valence-electron chi connectivity index (χ3n) is 2.33. The highest BCUT2D eigenvalue weighted by atomic mass is 35.5. The predicted molar refractivity (Wildman–Crippen MR) is 53.7 cm³/mol. The molecule has 1 aliphatic carbocycles. The average Bonchev–Trinajstić information content (AvgIpc) is 2.80. The van der Waals surface area contributed by atoms with Gasteiger partial charge in [-0.05, 0) is 37.3 Å². The van der Waals surface area contributed by atoms with E-state index >= 15 is 0 Å². The van der Waals surface area contributed by atoms with Crippen LogP contribution >= 0.6 is 22.9 Å². The standard InChI is InChI=1S/C9H12ClNS/c1-5-4-7(12-9(5)10)8(11)6-2-3-6/h4,6,8H,2-3,11H2,1H3. The smallest absolute Gasteiger partial charge is 0.0960 e. The molecule has 1 heterocycles. The van der Waals surface area contributed by atoms with Crippen molar-refractivity contribution in [3.63, 3.8) is 0 Å². The Morgan fingerprint density at radius 1 is 1.67 bits per heavy atom. The summed E-state index contributed by atoms with van der Waals surface area (Å²) in [7, 11) is 0. The van der Waals surface area contributed by atoms with Gasteiger partial charge in [-0.15, -0.1) is 11.3 Å². The number of thiophene rings is 1. The molecule has 3 heteroatoms. The Balaban J connectivity index is 2.21. The SMILES string of the molecule is Cc1cc(C(N)C2CC2)sc1Cl. The maximum Gasteiger partial charge on any atom is 0.0960 e. The summed E-state index contributed by atoms with van der Waals surface area (Å²) in [6, 6.07) is 2.36. The molecular formula is C9H12ClNS. The molecule has 1 saturated carbocycles. The van der Waals surface area contributed by atoms with E-state index in [9.17, 15) is 0 Å². The van der Waals surface area contributed by atoms with Gasteiger partial charge in [-0.25, -0.2) is 0 Å². The van der Waals surface area contributed by atoms with Crippen LogP contribution in [0.4, 0.5) is 0 Å². The molecule has 2 N–H and O–H groups in total. The van der Waals surface area contributed by atoms with Gasteiger partial charge in [0.25, 0.3) is 0 Å². The highest BCUT2D eigenvalue weighted by Gasteiger charge is 2.30. The van der Waals surface area contributed by atoms with Crippen molar-refractivity contribution in [1.82, 2.24) is 0 Å². The summed E-state index contributed by atoms with van der Waals surface area (Å²) in [5.74, 6) is 0.721. The Morgan fingerprint density at radius 3 is 2.75 bits per heavy atom. The highest BCUT2D eigenvalue weighted by Crippen LogP contribution is 2.42. The summed E-state index contributed by atoms with van der Waals surface area (Å²) in [5.41, 5.74) is 7.19. The van der Waals surface area contributed by atoms with Crippen LogP contribution in [0.3, 0.4) is 0 Å². The minimum atomic E-state index is 0.237. The van der Waals surface area contributed by atoms with Crippen LogP contribution in [0.5, 0.6) is 0 Å². The quantitative estimate of drug-likeness (QED) is 0.782. The molecule has 1 aromatic heterocycles. The molecular weight excluding hydrogens is 190 g/mol. The third-order valence-corrected chi connectivity index (χ3v) is 3.99. The van der Waals surface area contributed by atoms with Crippen molar-refractivity contribution in [1.29, 1.82) is 0 Å².